The summed E-state index contributed by atoms with van der Waals surface area (Å²) in [6.45, 7) is 4.05. The SMILES string of the molecule is O=C(CNC(=O)C12CC3CC(CC(C3)C1)C2)NCCN1CCCCCC1. The second kappa shape index (κ2) is 7.87. The lowest BCUT2D eigenvalue weighted by Gasteiger charge is -2.55. The zero-order valence-corrected chi connectivity index (χ0v) is 16.1. The lowest BCUT2D eigenvalue weighted by Crippen LogP contribution is -2.54. The molecule has 2 N–H and O–H groups in total. The van der Waals surface area contributed by atoms with Crippen LogP contribution in [0, 0.1) is 23.2 Å². The predicted molar refractivity (Wildman–Crippen MR) is 102 cm³/mol. The molecule has 146 valence electrons. The van der Waals surface area contributed by atoms with Crippen molar-refractivity contribution in [3.8, 4) is 0 Å². The lowest BCUT2D eigenvalue weighted by molar-refractivity contribution is -0.147. The Morgan fingerprint density at radius 1 is 0.846 bits per heavy atom. The Bertz CT molecular complexity index is 490. The molecule has 5 nitrogen and oxygen atoms in total. The summed E-state index contributed by atoms with van der Waals surface area (Å²) in [4.78, 5) is 27.4. The number of amides is 2. The first-order valence-electron chi connectivity index (χ1n) is 10.9. The average Bonchev–Trinajstić information content (AvgIpc) is 2.87. The minimum atomic E-state index is -0.152. The summed E-state index contributed by atoms with van der Waals surface area (Å²) in [6.07, 6.45) is 12.4. The zero-order chi connectivity index (χ0) is 18.0. The summed E-state index contributed by atoms with van der Waals surface area (Å²) in [5, 5.41) is 5.96. The van der Waals surface area contributed by atoms with E-state index < -0.39 is 0 Å². The van der Waals surface area contributed by atoms with E-state index in [9.17, 15) is 9.59 Å². The van der Waals surface area contributed by atoms with Crippen molar-refractivity contribution < 1.29 is 9.59 Å². The van der Waals surface area contributed by atoms with Gasteiger partial charge in [-0.2, -0.15) is 0 Å². The van der Waals surface area contributed by atoms with Gasteiger partial charge in [0.2, 0.25) is 11.8 Å². The molecule has 0 radical (unpaired) electrons. The van der Waals surface area contributed by atoms with Crippen LogP contribution < -0.4 is 10.6 Å². The number of carbonyl (C=O) groups excluding carboxylic acids is 2. The van der Waals surface area contributed by atoms with E-state index >= 15 is 0 Å². The monoisotopic (exact) mass is 361 g/mol. The maximum absolute atomic E-state index is 12.9. The van der Waals surface area contributed by atoms with Crippen molar-refractivity contribution >= 4 is 11.8 Å². The van der Waals surface area contributed by atoms with E-state index in [1.165, 1.54) is 44.9 Å². The second-order valence-corrected chi connectivity index (χ2v) is 9.49. The topological polar surface area (TPSA) is 61.4 Å². The van der Waals surface area contributed by atoms with Crippen LogP contribution in [0.3, 0.4) is 0 Å². The highest BCUT2D eigenvalue weighted by molar-refractivity contribution is 5.88. The van der Waals surface area contributed by atoms with Gasteiger partial charge in [-0.25, -0.2) is 0 Å². The fraction of sp³-hybridized carbons (Fsp3) is 0.905. The van der Waals surface area contributed by atoms with Gasteiger partial charge in [0.05, 0.1) is 6.54 Å². The van der Waals surface area contributed by atoms with Gasteiger partial charge in [0.1, 0.15) is 0 Å². The number of rotatable bonds is 6. The molecular weight excluding hydrogens is 326 g/mol. The number of carbonyl (C=O) groups is 2. The maximum atomic E-state index is 12.9. The number of hydrogen-bond donors (Lipinski definition) is 2. The molecule has 5 heteroatoms. The minimum absolute atomic E-state index is 0.0436. The van der Waals surface area contributed by atoms with Crippen molar-refractivity contribution in [2.75, 3.05) is 32.7 Å². The lowest BCUT2D eigenvalue weighted by atomic mass is 9.49. The van der Waals surface area contributed by atoms with Gasteiger partial charge in [-0.3, -0.25) is 9.59 Å². The maximum Gasteiger partial charge on any atom is 0.239 e. The van der Waals surface area contributed by atoms with Crippen LogP contribution in [0.4, 0.5) is 0 Å². The van der Waals surface area contributed by atoms with E-state index in [4.69, 9.17) is 0 Å². The molecule has 4 bridgehead atoms. The molecular formula is C21H35N3O2. The van der Waals surface area contributed by atoms with Crippen LogP contribution in [-0.2, 0) is 9.59 Å². The highest BCUT2D eigenvalue weighted by atomic mass is 16.2. The number of hydrogen-bond acceptors (Lipinski definition) is 3. The van der Waals surface area contributed by atoms with E-state index in [-0.39, 0.29) is 23.8 Å². The molecule has 5 aliphatic rings. The van der Waals surface area contributed by atoms with Gasteiger partial charge < -0.3 is 15.5 Å². The Morgan fingerprint density at radius 3 is 2.00 bits per heavy atom. The molecule has 0 aromatic heterocycles. The minimum Gasteiger partial charge on any atom is -0.353 e. The first kappa shape index (κ1) is 18.3. The van der Waals surface area contributed by atoms with Crippen LogP contribution in [0.2, 0.25) is 0 Å². The largest absolute Gasteiger partial charge is 0.353 e. The number of nitrogens with one attached hydrogen (secondary N) is 2. The molecule has 0 atom stereocenters. The quantitative estimate of drug-likeness (QED) is 0.763. The van der Waals surface area contributed by atoms with Crippen LogP contribution in [0.25, 0.3) is 0 Å². The van der Waals surface area contributed by atoms with Crippen molar-refractivity contribution in [1.29, 1.82) is 0 Å². The fourth-order valence-electron chi connectivity index (χ4n) is 6.51. The summed E-state index contributed by atoms with van der Waals surface area (Å²) < 4.78 is 0. The van der Waals surface area contributed by atoms with Crippen LogP contribution in [0.5, 0.6) is 0 Å². The molecule has 1 heterocycles. The van der Waals surface area contributed by atoms with Crippen molar-refractivity contribution in [3.05, 3.63) is 0 Å². The van der Waals surface area contributed by atoms with E-state index in [0.29, 0.717) is 6.54 Å². The summed E-state index contributed by atoms with van der Waals surface area (Å²) >= 11 is 0. The van der Waals surface area contributed by atoms with Gasteiger partial charge >= 0.3 is 0 Å². The van der Waals surface area contributed by atoms with Crippen LogP contribution >= 0.6 is 0 Å². The molecule has 4 saturated carbocycles. The fourth-order valence-corrected chi connectivity index (χ4v) is 6.51. The van der Waals surface area contributed by atoms with Crippen molar-refractivity contribution in [1.82, 2.24) is 15.5 Å². The molecule has 2 amide bonds. The van der Waals surface area contributed by atoms with E-state index in [1.54, 1.807) is 0 Å². The Kier molecular flexibility index (Phi) is 5.53. The molecule has 5 rings (SSSR count). The Labute approximate surface area is 157 Å². The summed E-state index contributed by atoms with van der Waals surface area (Å²) in [6, 6.07) is 0. The first-order chi connectivity index (χ1) is 12.6. The summed E-state index contributed by atoms with van der Waals surface area (Å²) in [5.74, 6) is 2.38. The standard InChI is InChI=1S/C21H35N3O2/c25-19(22-5-8-24-6-3-1-2-4-7-24)15-23-20(26)21-12-16-9-17(13-21)11-18(10-16)14-21/h16-18H,1-15H2,(H,22,25)(H,23,26). The summed E-state index contributed by atoms with van der Waals surface area (Å²) in [7, 11) is 0. The van der Waals surface area contributed by atoms with Gasteiger partial charge in [-0.1, -0.05) is 12.8 Å². The second-order valence-electron chi connectivity index (χ2n) is 9.49. The van der Waals surface area contributed by atoms with Crippen LogP contribution in [0.1, 0.15) is 64.2 Å². The molecule has 0 aromatic carbocycles. The molecule has 1 aliphatic heterocycles. The van der Waals surface area contributed by atoms with E-state index in [1.807, 2.05) is 0 Å². The molecule has 0 unspecified atom stereocenters. The van der Waals surface area contributed by atoms with Gasteiger partial charge in [-0.05, 0) is 82.2 Å². The van der Waals surface area contributed by atoms with E-state index in [0.717, 1.165) is 56.7 Å². The Morgan fingerprint density at radius 2 is 1.42 bits per heavy atom. The average molecular weight is 362 g/mol. The smallest absolute Gasteiger partial charge is 0.239 e. The van der Waals surface area contributed by atoms with Crippen molar-refractivity contribution in [3.63, 3.8) is 0 Å². The highest BCUT2D eigenvalue weighted by Gasteiger charge is 2.54. The molecule has 26 heavy (non-hydrogen) atoms. The van der Waals surface area contributed by atoms with Crippen molar-refractivity contribution in [2.24, 2.45) is 23.2 Å². The van der Waals surface area contributed by atoms with E-state index in [2.05, 4.69) is 15.5 Å². The number of nitrogens with zero attached hydrogens (tertiary/aromatic N) is 1. The van der Waals surface area contributed by atoms with Crippen LogP contribution in [0.15, 0.2) is 0 Å². The van der Waals surface area contributed by atoms with Gasteiger partial charge in [0.15, 0.2) is 0 Å². The van der Waals surface area contributed by atoms with Crippen molar-refractivity contribution in [2.45, 2.75) is 64.2 Å². The predicted octanol–water partition coefficient (Wildman–Crippen LogP) is 2.31. The third kappa shape index (κ3) is 4.08. The molecule has 0 spiro atoms. The van der Waals surface area contributed by atoms with Gasteiger partial charge in [-0.15, -0.1) is 0 Å². The van der Waals surface area contributed by atoms with Gasteiger partial charge in [0.25, 0.3) is 0 Å². The molecule has 4 aliphatic carbocycles. The Hall–Kier alpha value is -1.10. The number of likely N-dealkylation sites (tertiary alicyclic amines) is 1. The molecule has 0 aromatic rings. The highest BCUT2D eigenvalue weighted by Crippen LogP contribution is 2.60. The Balaban J connectivity index is 1.18. The zero-order valence-electron chi connectivity index (χ0n) is 16.1. The third-order valence-electron chi connectivity index (χ3n) is 7.38. The summed E-state index contributed by atoms with van der Waals surface area (Å²) in [5.41, 5.74) is -0.152. The third-order valence-corrected chi connectivity index (χ3v) is 7.38. The molecule has 5 fully saturated rings. The normalized spacial score (nSPS) is 36.5. The van der Waals surface area contributed by atoms with Crippen LogP contribution in [-0.4, -0.2) is 49.4 Å². The van der Waals surface area contributed by atoms with Gasteiger partial charge in [0, 0.05) is 18.5 Å². The first-order valence-corrected chi connectivity index (χ1v) is 10.9. The molecule has 1 saturated heterocycles.